The van der Waals surface area contributed by atoms with Crippen molar-refractivity contribution in [3.05, 3.63) is 107 Å². The minimum atomic E-state index is -4.50. The Morgan fingerprint density at radius 1 is 0.912 bits per heavy atom. The van der Waals surface area contributed by atoms with E-state index in [-0.39, 0.29) is 18.0 Å². The van der Waals surface area contributed by atoms with Gasteiger partial charge in [-0.05, 0) is 30.2 Å². The number of carbonyl (C=O) groups is 1. The molecule has 0 saturated carbocycles. The zero-order chi connectivity index (χ0) is 24.3. The van der Waals surface area contributed by atoms with Crippen LogP contribution in [-0.2, 0) is 19.1 Å². The minimum Gasteiger partial charge on any atom is -0.337 e. The molecule has 0 aliphatic heterocycles. The van der Waals surface area contributed by atoms with Gasteiger partial charge in [0.15, 0.2) is 0 Å². The highest BCUT2D eigenvalue weighted by Gasteiger charge is 2.34. The lowest BCUT2D eigenvalue weighted by Crippen LogP contribution is -2.28. The summed E-state index contributed by atoms with van der Waals surface area (Å²) >= 11 is 0. The molecule has 0 radical (unpaired) electrons. The molecule has 4 rings (SSSR count). The number of hydrogen-bond donors (Lipinski definition) is 0. The van der Waals surface area contributed by atoms with Crippen LogP contribution in [0.1, 0.15) is 34.1 Å². The number of halogens is 3. The summed E-state index contributed by atoms with van der Waals surface area (Å²) < 4.78 is 42.2. The smallest absolute Gasteiger partial charge is 0.337 e. The molecule has 1 amide bonds. The Morgan fingerprint density at radius 3 is 2.12 bits per heavy atom. The molecule has 0 N–H and O–H groups in total. The summed E-state index contributed by atoms with van der Waals surface area (Å²) in [7, 11) is 1.52. The van der Waals surface area contributed by atoms with Crippen molar-refractivity contribution in [2.45, 2.75) is 26.1 Å². The highest BCUT2D eigenvalue weighted by molar-refractivity contribution is 6.01. The zero-order valence-electron chi connectivity index (χ0n) is 18.9. The predicted octanol–water partition coefficient (Wildman–Crippen LogP) is 6.39. The predicted molar refractivity (Wildman–Crippen MR) is 126 cm³/mol. The fourth-order valence-electron chi connectivity index (χ4n) is 4.04. The van der Waals surface area contributed by atoms with Gasteiger partial charge in [-0.25, -0.2) is 4.68 Å². The Balaban J connectivity index is 1.80. The van der Waals surface area contributed by atoms with E-state index < -0.39 is 11.7 Å². The van der Waals surface area contributed by atoms with Gasteiger partial charge >= 0.3 is 6.18 Å². The molecule has 7 heteroatoms. The van der Waals surface area contributed by atoms with Crippen LogP contribution in [0.4, 0.5) is 13.2 Å². The van der Waals surface area contributed by atoms with Gasteiger partial charge < -0.3 is 4.90 Å². The van der Waals surface area contributed by atoms with Gasteiger partial charge in [-0.3, -0.25) is 4.79 Å². The van der Waals surface area contributed by atoms with Crippen molar-refractivity contribution in [3.8, 4) is 16.9 Å². The van der Waals surface area contributed by atoms with Crippen LogP contribution < -0.4 is 0 Å². The number of carbonyl (C=O) groups excluding carboxylic acids is 1. The van der Waals surface area contributed by atoms with Gasteiger partial charge in [0.25, 0.3) is 5.91 Å². The van der Waals surface area contributed by atoms with Crippen LogP contribution in [0.2, 0.25) is 0 Å². The van der Waals surface area contributed by atoms with E-state index in [2.05, 4.69) is 0 Å². The maximum atomic E-state index is 13.7. The summed E-state index contributed by atoms with van der Waals surface area (Å²) in [5.41, 5.74) is 2.46. The molecule has 3 aromatic carbocycles. The van der Waals surface area contributed by atoms with Crippen molar-refractivity contribution < 1.29 is 18.0 Å². The number of nitrogens with zero attached hydrogens (tertiary/aromatic N) is 3. The van der Waals surface area contributed by atoms with E-state index in [9.17, 15) is 18.0 Å². The maximum absolute atomic E-state index is 13.7. The largest absolute Gasteiger partial charge is 0.416 e. The molecular weight excluding hydrogens is 439 g/mol. The molecule has 4 nitrogen and oxygen atoms in total. The van der Waals surface area contributed by atoms with Crippen molar-refractivity contribution in [2.24, 2.45) is 0 Å². The van der Waals surface area contributed by atoms with Gasteiger partial charge in [0, 0.05) is 19.2 Å². The first-order valence-corrected chi connectivity index (χ1v) is 10.9. The summed E-state index contributed by atoms with van der Waals surface area (Å²) in [5, 5.41) is 4.78. The molecule has 1 aromatic heterocycles. The quantitative estimate of drug-likeness (QED) is 0.332. The van der Waals surface area contributed by atoms with Gasteiger partial charge in [0.1, 0.15) is 5.69 Å². The molecular formula is C27H24F3N3O. The van der Waals surface area contributed by atoms with Crippen LogP contribution in [0.5, 0.6) is 0 Å². The molecule has 0 aliphatic rings. The number of benzene rings is 3. The third-order valence-electron chi connectivity index (χ3n) is 5.65. The second kappa shape index (κ2) is 9.55. The topological polar surface area (TPSA) is 38.1 Å². The fraction of sp³-hybridized carbons (Fsp3) is 0.185. The summed E-state index contributed by atoms with van der Waals surface area (Å²) in [6, 6.07) is 24.1. The average Bonchev–Trinajstić information content (AvgIpc) is 3.24. The lowest BCUT2D eigenvalue weighted by molar-refractivity contribution is -0.138. The fourth-order valence-corrected chi connectivity index (χ4v) is 4.04. The molecule has 0 atom stereocenters. The van der Waals surface area contributed by atoms with Gasteiger partial charge in [-0.2, -0.15) is 18.3 Å². The van der Waals surface area contributed by atoms with E-state index in [0.29, 0.717) is 23.4 Å². The molecule has 0 bridgehead atoms. The molecule has 0 saturated heterocycles. The number of aromatic nitrogens is 2. The second-order valence-electron chi connectivity index (χ2n) is 7.95. The van der Waals surface area contributed by atoms with E-state index in [4.69, 9.17) is 5.10 Å². The van der Waals surface area contributed by atoms with E-state index in [1.54, 1.807) is 10.7 Å². The highest BCUT2D eigenvalue weighted by atomic mass is 19.4. The van der Waals surface area contributed by atoms with Crippen molar-refractivity contribution in [3.63, 3.8) is 0 Å². The third kappa shape index (κ3) is 4.59. The second-order valence-corrected chi connectivity index (χ2v) is 7.95. The van der Waals surface area contributed by atoms with Crippen molar-refractivity contribution in [2.75, 3.05) is 7.05 Å². The Morgan fingerprint density at radius 2 is 1.50 bits per heavy atom. The molecule has 34 heavy (non-hydrogen) atoms. The van der Waals surface area contributed by atoms with Gasteiger partial charge in [-0.15, -0.1) is 0 Å². The number of rotatable bonds is 6. The maximum Gasteiger partial charge on any atom is 0.416 e. The normalized spacial score (nSPS) is 11.4. The number of para-hydroxylation sites is 1. The van der Waals surface area contributed by atoms with Crippen LogP contribution >= 0.6 is 0 Å². The molecule has 1 heterocycles. The SMILES string of the molecule is CCc1c(C(=O)N(C)Cc2ccccc2C(F)(F)F)c(-c2ccccc2)nn1-c1ccccc1. The lowest BCUT2D eigenvalue weighted by atomic mass is 10.0. The highest BCUT2D eigenvalue weighted by Crippen LogP contribution is 2.33. The van der Waals surface area contributed by atoms with Crippen molar-refractivity contribution in [1.29, 1.82) is 0 Å². The Bertz CT molecular complexity index is 1280. The first kappa shape index (κ1) is 23.3. The van der Waals surface area contributed by atoms with Crippen LogP contribution in [0, 0.1) is 0 Å². The van der Waals surface area contributed by atoms with Gasteiger partial charge in [0.05, 0.1) is 22.5 Å². The summed E-state index contributed by atoms with van der Waals surface area (Å²) in [5.74, 6) is -0.380. The minimum absolute atomic E-state index is 0.0422. The van der Waals surface area contributed by atoms with Crippen LogP contribution in [0.15, 0.2) is 84.9 Å². The van der Waals surface area contributed by atoms with E-state index in [1.807, 2.05) is 67.6 Å². The van der Waals surface area contributed by atoms with Gasteiger partial charge in [-0.1, -0.05) is 73.7 Å². The molecule has 174 valence electrons. The van der Waals surface area contributed by atoms with Crippen LogP contribution in [-0.4, -0.2) is 27.6 Å². The summed E-state index contributed by atoms with van der Waals surface area (Å²) in [6.07, 6.45) is -3.98. The van der Waals surface area contributed by atoms with E-state index in [0.717, 1.165) is 17.3 Å². The van der Waals surface area contributed by atoms with Crippen LogP contribution in [0.25, 0.3) is 16.9 Å². The Hall–Kier alpha value is -3.87. The third-order valence-corrected chi connectivity index (χ3v) is 5.65. The Kier molecular flexibility index (Phi) is 6.54. The van der Waals surface area contributed by atoms with E-state index in [1.165, 1.54) is 24.1 Å². The number of hydrogen-bond acceptors (Lipinski definition) is 2. The summed E-state index contributed by atoms with van der Waals surface area (Å²) in [6.45, 7) is 1.75. The number of amides is 1. The monoisotopic (exact) mass is 463 g/mol. The summed E-state index contributed by atoms with van der Waals surface area (Å²) in [4.78, 5) is 15.0. The standard InChI is InChI=1S/C27H24F3N3O/c1-3-23-24(26(34)32(2)18-20-14-10-11-17-22(20)27(28,29)30)25(19-12-6-4-7-13-19)31-33(23)21-15-8-5-9-16-21/h4-17H,3,18H2,1-2H3. The molecule has 0 unspecified atom stereocenters. The number of alkyl halides is 3. The van der Waals surface area contributed by atoms with Gasteiger partial charge in [0.2, 0.25) is 0 Å². The zero-order valence-corrected chi connectivity index (χ0v) is 18.9. The molecule has 0 spiro atoms. The lowest BCUT2D eigenvalue weighted by Gasteiger charge is -2.21. The first-order chi connectivity index (χ1) is 16.3. The van der Waals surface area contributed by atoms with E-state index >= 15 is 0 Å². The molecule has 0 aliphatic carbocycles. The average molecular weight is 464 g/mol. The molecule has 0 fully saturated rings. The van der Waals surface area contributed by atoms with Crippen molar-refractivity contribution in [1.82, 2.24) is 14.7 Å². The molecule has 4 aromatic rings. The Labute approximate surface area is 196 Å². The van der Waals surface area contributed by atoms with Crippen molar-refractivity contribution >= 4 is 5.91 Å². The first-order valence-electron chi connectivity index (χ1n) is 10.9. The van der Waals surface area contributed by atoms with Crippen LogP contribution in [0.3, 0.4) is 0 Å².